The molecule has 0 spiro atoms. The summed E-state index contributed by atoms with van der Waals surface area (Å²) < 4.78 is 7.03. The van der Waals surface area contributed by atoms with E-state index >= 15 is 0 Å². The predicted molar refractivity (Wildman–Crippen MR) is 74.6 cm³/mol. The molecule has 0 saturated carbocycles. The third kappa shape index (κ3) is 3.08. The molecular formula is C13H15N3O2S. The second-order valence-electron chi connectivity index (χ2n) is 3.94. The van der Waals surface area contributed by atoms with E-state index in [1.807, 2.05) is 35.0 Å². The van der Waals surface area contributed by atoms with Crippen molar-refractivity contribution in [3.63, 3.8) is 0 Å². The van der Waals surface area contributed by atoms with E-state index in [0.29, 0.717) is 0 Å². The van der Waals surface area contributed by atoms with Crippen molar-refractivity contribution in [1.29, 1.82) is 0 Å². The van der Waals surface area contributed by atoms with Crippen LogP contribution in [-0.2, 0) is 4.79 Å². The maximum absolute atomic E-state index is 11.1. The first-order valence-electron chi connectivity index (χ1n) is 5.75. The lowest BCUT2D eigenvalue weighted by molar-refractivity contribution is -0.117. The van der Waals surface area contributed by atoms with Crippen molar-refractivity contribution >= 4 is 17.7 Å². The zero-order valence-electron chi connectivity index (χ0n) is 10.7. The summed E-state index contributed by atoms with van der Waals surface area (Å²) >= 11 is 1.34. The summed E-state index contributed by atoms with van der Waals surface area (Å²) in [5, 5.41) is 0.413. The number of ether oxygens (including phenoxy) is 1. The SMILES string of the molecule is COc1ccc(-n2ccnc2S[C@@H](C)C(N)=O)cc1. The third-order valence-electron chi connectivity index (χ3n) is 2.64. The molecule has 1 aromatic carbocycles. The number of aromatic nitrogens is 2. The molecule has 5 nitrogen and oxygen atoms in total. The van der Waals surface area contributed by atoms with E-state index in [4.69, 9.17) is 10.5 Å². The summed E-state index contributed by atoms with van der Waals surface area (Å²) in [6.07, 6.45) is 3.54. The molecule has 0 unspecified atom stereocenters. The van der Waals surface area contributed by atoms with Crippen LogP contribution < -0.4 is 10.5 Å². The molecule has 0 bridgehead atoms. The topological polar surface area (TPSA) is 70.1 Å². The second kappa shape index (κ2) is 5.79. The number of benzene rings is 1. The summed E-state index contributed by atoms with van der Waals surface area (Å²) in [5.41, 5.74) is 6.22. The number of imidazole rings is 1. The fourth-order valence-corrected chi connectivity index (χ4v) is 2.37. The number of hydrogen-bond donors (Lipinski definition) is 1. The van der Waals surface area contributed by atoms with Crippen molar-refractivity contribution in [2.24, 2.45) is 5.73 Å². The smallest absolute Gasteiger partial charge is 0.230 e. The lowest BCUT2D eigenvalue weighted by Gasteiger charge is -2.10. The number of rotatable bonds is 5. The molecule has 2 aromatic rings. The summed E-state index contributed by atoms with van der Waals surface area (Å²) in [6, 6.07) is 7.61. The first kappa shape index (κ1) is 13.5. The largest absolute Gasteiger partial charge is 0.497 e. The molecule has 1 aromatic heterocycles. The van der Waals surface area contributed by atoms with Crippen molar-refractivity contribution in [1.82, 2.24) is 9.55 Å². The van der Waals surface area contributed by atoms with Crippen LogP contribution >= 0.6 is 11.8 Å². The van der Waals surface area contributed by atoms with Crippen molar-refractivity contribution in [2.45, 2.75) is 17.3 Å². The summed E-state index contributed by atoms with van der Waals surface area (Å²) in [4.78, 5) is 15.3. The predicted octanol–water partition coefficient (Wildman–Crippen LogP) is 1.85. The number of carbonyl (C=O) groups is 1. The van der Waals surface area contributed by atoms with Gasteiger partial charge >= 0.3 is 0 Å². The van der Waals surface area contributed by atoms with Gasteiger partial charge in [0, 0.05) is 18.1 Å². The Balaban J connectivity index is 2.25. The van der Waals surface area contributed by atoms with Gasteiger partial charge in [-0.15, -0.1) is 0 Å². The van der Waals surface area contributed by atoms with Gasteiger partial charge in [0.25, 0.3) is 0 Å². The van der Waals surface area contributed by atoms with E-state index in [0.717, 1.165) is 16.6 Å². The average molecular weight is 277 g/mol. The van der Waals surface area contributed by atoms with Crippen LogP contribution in [0.15, 0.2) is 41.8 Å². The Morgan fingerprint density at radius 3 is 2.68 bits per heavy atom. The highest BCUT2D eigenvalue weighted by molar-refractivity contribution is 8.00. The molecule has 1 amide bonds. The molecule has 2 rings (SSSR count). The maximum Gasteiger partial charge on any atom is 0.230 e. The van der Waals surface area contributed by atoms with E-state index < -0.39 is 0 Å². The average Bonchev–Trinajstić information content (AvgIpc) is 2.87. The molecule has 6 heteroatoms. The quantitative estimate of drug-likeness (QED) is 0.847. The van der Waals surface area contributed by atoms with Gasteiger partial charge in [-0.05, 0) is 31.2 Å². The number of thioether (sulfide) groups is 1. The number of carbonyl (C=O) groups excluding carboxylic acids is 1. The van der Waals surface area contributed by atoms with E-state index in [-0.39, 0.29) is 11.2 Å². The number of nitrogens with zero attached hydrogens (tertiary/aromatic N) is 2. The minimum Gasteiger partial charge on any atom is -0.497 e. The summed E-state index contributed by atoms with van der Waals surface area (Å²) in [6.45, 7) is 1.76. The maximum atomic E-state index is 11.1. The van der Waals surface area contributed by atoms with Crippen LogP contribution in [0.25, 0.3) is 5.69 Å². The Bertz CT molecular complexity index is 566. The van der Waals surface area contributed by atoms with E-state index in [1.54, 1.807) is 20.2 Å². The van der Waals surface area contributed by atoms with Gasteiger partial charge in [-0.25, -0.2) is 4.98 Å². The highest BCUT2D eigenvalue weighted by Gasteiger charge is 2.14. The first-order chi connectivity index (χ1) is 9.11. The van der Waals surface area contributed by atoms with Gasteiger partial charge in [0.1, 0.15) is 5.75 Å². The molecule has 2 N–H and O–H groups in total. The number of nitrogens with two attached hydrogens (primary N) is 1. The van der Waals surface area contributed by atoms with Gasteiger partial charge in [0.15, 0.2) is 5.16 Å². The molecule has 0 aliphatic carbocycles. The molecule has 0 aliphatic rings. The Morgan fingerprint density at radius 1 is 1.42 bits per heavy atom. The fourth-order valence-electron chi connectivity index (χ4n) is 1.53. The number of primary amides is 1. The standard InChI is InChI=1S/C13H15N3O2S/c1-9(12(14)17)19-13-15-7-8-16(13)10-3-5-11(18-2)6-4-10/h3-9H,1-2H3,(H2,14,17)/t9-/m0/s1. The fraction of sp³-hybridized carbons (Fsp3) is 0.231. The Morgan fingerprint density at radius 2 is 2.11 bits per heavy atom. The first-order valence-corrected chi connectivity index (χ1v) is 6.63. The van der Waals surface area contributed by atoms with Crippen LogP contribution in [0.1, 0.15) is 6.92 Å². The van der Waals surface area contributed by atoms with Gasteiger partial charge in [-0.3, -0.25) is 9.36 Å². The zero-order chi connectivity index (χ0) is 13.8. The number of methoxy groups -OCH3 is 1. The minimum atomic E-state index is -0.353. The van der Waals surface area contributed by atoms with Crippen LogP contribution in [-0.4, -0.2) is 27.8 Å². The highest BCUT2D eigenvalue weighted by Crippen LogP contribution is 2.25. The molecule has 100 valence electrons. The normalized spacial score (nSPS) is 12.1. The molecular weight excluding hydrogens is 262 g/mol. The lowest BCUT2D eigenvalue weighted by atomic mass is 10.3. The van der Waals surface area contributed by atoms with Crippen LogP contribution in [0.2, 0.25) is 0 Å². The van der Waals surface area contributed by atoms with Crippen molar-refractivity contribution in [3.8, 4) is 11.4 Å². The van der Waals surface area contributed by atoms with Gasteiger partial charge in [0.2, 0.25) is 5.91 Å². The van der Waals surface area contributed by atoms with E-state index in [1.165, 1.54) is 11.8 Å². The third-order valence-corrected chi connectivity index (χ3v) is 3.74. The van der Waals surface area contributed by atoms with Crippen molar-refractivity contribution in [2.75, 3.05) is 7.11 Å². The van der Waals surface area contributed by atoms with Crippen LogP contribution in [0.5, 0.6) is 5.75 Å². The molecule has 19 heavy (non-hydrogen) atoms. The van der Waals surface area contributed by atoms with Crippen LogP contribution in [0.4, 0.5) is 0 Å². The number of hydrogen-bond acceptors (Lipinski definition) is 4. The Labute approximate surface area is 115 Å². The molecule has 1 heterocycles. The lowest BCUT2D eigenvalue weighted by Crippen LogP contribution is -2.22. The van der Waals surface area contributed by atoms with Gasteiger partial charge in [-0.1, -0.05) is 11.8 Å². The molecule has 0 radical (unpaired) electrons. The highest BCUT2D eigenvalue weighted by atomic mass is 32.2. The molecule has 0 saturated heterocycles. The summed E-state index contributed by atoms with van der Waals surface area (Å²) in [7, 11) is 1.63. The van der Waals surface area contributed by atoms with Crippen molar-refractivity contribution in [3.05, 3.63) is 36.7 Å². The van der Waals surface area contributed by atoms with Crippen molar-refractivity contribution < 1.29 is 9.53 Å². The Hall–Kier alpha value is -1.95. The Kier molecular flexibility index (Phi) is 4.11. The molecule has 0 fully saturated rings. The minimum absolute atomic E-state index is 0.320. The van der Waals surface area contributed by atoms with E-state index in [9.17, 15) is 4.79 Å². The summed E-state index contributed by atoms with van der Waals surface area (Å²) in [5.74, 6) is 0.442. The number of amides is 1. The molecule has 0 aliphatic heterocycles. The van der Waals surface area contributed by atoms with Gasteiger partial charge in [-0.2, -0.15) is 0 Å². The zero-order valence-corrected chi connectivity index (χ0v) is 11.6. The van der Waals surface area contributed by atoms with E-state index in [2.05, 4.69) is 4.98 Å². The molecule has 1 atom stereocenters. The van der Waals surface area contributed by atoms with Crippen LogP contribution in [0.3, 0.4) is 0 Å². The van der Waals surface area contributed by atoms with Crippen LogP contribution in [0, 0.1) is 0 Å². The van der Waals surface area contributed by atoms with Gasteiger partial charge in [0.05, 0.1) is 12.4 Å². The second-order valence-corrected chi connectivity index (χ2v) is 5.25. The monoisotopic (exact) mass is 277 g/mol. The van der Waals surface area contributed by atoms with Gasteiger partial charge < -0.3 is 10.5 Å².